The van der Waals surface area contributed by atoms with Gasteiger partial charge in [-0.1, -0.05) is 30.3 Å². The first-order valence-corrected chi connectivity index (χ1v) is 9.24. The van der Waals surface area contributed by atoms with Crippen molar-refractivity contribution in [1.29, 1.82) is 0 Å². The summed E-state index contributed by atoms with van der Waals surface area (Å²) in [6.07, 6.45) is 3.27. The number of rotatable bonds is 4. The molecule has 2 fully saturated rings. The highest BCUT2D eigenvalue weighted by Crippen LogP contribution is 2.32. The zero-order valence-electron chi connectivity index (χ0n) is 13.1. The monoisotopic (exact) mass is 327 g/mol. The molecule has 0 spiro atoms. The van der Waals surface area contributed by atoms with E-state index in [0.29, 0.717) is 17.8 Å². The van der Waals surface area contributed by atoms with E-state index in [2.05, 4.69) is 45.1 Å². The molecule has 1 amide bonds. The molecule has 3 heterocycles. The van der Waals surface area contributed by atoms with Gasteiger partial charge in [-0.2, -0.15) is 0 Å². The van der Waals surface area contributed by atoms with E-state index in [4.69, 9.17) is 0 Å². The number of hydrogen-bond acceptors (Lipinski definition) is 4. The van der Waals surface area contributed by atoms with Crippen molar-refractivity contribution in [3.8, 4) is 0 Å². The molecular weight excluding hydrogens is 306 g/mol. The Labute approximate surface area is 140 Å². The van der Waals surface area contributed by atoms with Gasteiger partial charge in [0, 0.05) is 37.1 Å². The van der Waals surface area contributed by atoms with E-state index in [1.165, 1.54) is 16.9 Å². The van der Waals surface area contributed by atoms with Crippen molar-refractivity contribution in [3.05, 3.63) is 52.5 Å². The number of aromatic nitrogens is 1. The molecule has 4 nitrogen and oxygen atoms in total. The number of fused-ring (bicyclic) bond motifs is 1. The van der Waals surface area contributed by atoms with Crippen LogP contribution in [0.15, 0.2) is 41.2 Å². The molecule has 1 aromatic heterocycles. The lowest BCUT2D eigenvalue weighted by Crippen LogP contribution is -2.40. The second-order valence-corrected chi connectivity index (χ2v) is 7.07. The second kappa shape index (κ2) is 6.42. The summed E-state index contributed by atoms with van der Waals surface area (Å²) in [5.74, 6) is 0.114. The Morgan fingerprint density at radius 2 is 2.00 bits per heavy atom. The number of likely N-dealkylation sites (tertiary alicyclic amines) is 2. The van der Waals surface area contributed by atoms with Crippen LogP contribution >= 0.6 is 11.3 Å². The summed E-state index contributed by atoms with van der Waals surface area (Å²) in [6, 6.07) is 11.6. The Morgan fingerprint density at radius 3 is 2.78 bits per heavy atom. The summed E-state index contributed by atoms with van der Waals surface area (Å²) in [7, 11) is 0. The summed E-state index contributed by atoms with van der Waals surface area (Å²) >= 11 is 1.49. The molecule has 23 heavy (non-hydrogen) atoms. The van der Waals surface area contributed by atoms with E-state index >= 15 is 0 Å². The average molecular weight is 327 g/mol. The van der Waals surface area contributed by atoms with Crippen LogP contribution in [0.1, 0.15) is 28.9 Å². The number of hydrogen-bond donors (Lipinski definition) is 0. The van der Waals surface area contributed by atoms with Crippen LogP contribution in [0.25, 0.3) is 0 Å². The molecular formula is C18H21N3OS. The summed E-state index contributed by atoms with van der Waals surface area (Å²) in [4.78, 5) is 21.4. The SMILES string of the molecule is O=C(c1cscn1)N1CC[C@@H]2[C@@H]1CCN2CCc1ccccc1. The van der Waals surface area contributed by atoms with Gasteiger partial charge in [0.05, 0.1) is 5.51 Å². The Balaban J connectivity index is 1.39. The zero-order valence-corrected chi connectivity index (χ0v) is 13.9. The molecule has 2 aliphatic heterocycles. The first-order chi connectivity index (χ1) is 11.3. The summed E-state index contributed by atoms with van der Waals surface area (Å²) in [5.41, 5.74) is 3.74. The van der Waals surface area contributed by atoms with Gasteiger partial charge in [0.15, 0.2) is 0 Å². The minimum Gasteiger partial charge on any atom is -0.333 e. The molecule has 2 aliphatic rings. The van der Waals surface area contributed by atoms with Gasteiger partial charge >= 0.3 is 0 Å². The molecule has 4 rings (SSSR count). The van der Waals surface area contributed by atoms with Gasteiger partial charge in [0.1, 0.15) is 5.69 Å². The quantitative estimate of drug-likeness (QED) is 0.866. The lowest BCUT2D eigenvalue weighted by molar-refractivity contribution is 0.0727. The van der Waals surface area contributed by atoms with Crippen molar-refractivity contribution >= 4 is 17.2 Å². The van der Waals surface area contributed by atoms with Gasteiger partial charge in [-0.3, -0.25) is 9.69 Å². The first-order valence-electron chi connectivity index (χ1n) is 8.30. The Bertz CT molecular complexity index is 658. The third-order valence-corrected chi connectivity index (χ3v) is 5.72. The maximum Gasteiger partial charge on any atom is 0.273 e. The van der Waals surface area contributed by atoms with Crippen LogP contribution in [0.4, 0.5) is 0 Å². The standard InChI is InChI=1S/C18H21N3OS/c22-18(15-12-23-13-19-15)21-11-8-16-17(21)7-10-20(16)9-6-14-4-2-1-3-5-14/h1-5,12-13,16-17H,6-11H2/t16-,17+/m1/s1. The third-order valence-electron chi connectivity index (χ3n) is 5.13. The fourth-order valence-corrected chi connectivity index (χ4v) is 4.51. The minimum atomic E-state index is 0.114. The number of carbonyl (C=O) groups is 1. The first kappa shape index (κ1) is 14.8. The van der Waals surface area contributed by atoms with Crippen LogP contribution in [0.2, 0.25) is 0 Å². The molecule has 2 aromatic rings. The normalized spacial score (nSPS) is 24.1. The van der Waals surface area contributed by atoms with Crippen LogP contribution in [0, 0.1) is 0 Å². The highest BCUT2D eigenvalue weighted by Gasteiger charge is 2.44. The lowest BCUT2D eigenvalue weighted by Gasteiger charge is -2.25. The van der Waals surface area contributed by atoms with Crippen LogP contribution in [0.5, 0.6) is 0 Å². The molecule has 0 bridgehead atoms. The highest BCUT2D eigenvalue weighted by atomic mass is 32.1. The van der Waals surface area contributed by atoms with E-state index < -0.39 is 0 Å². The molecule has 0 radical (unpaired) electrons. The van der Waals surface area contributed by atoms with Gasteiger partial charge in [-0.05, 0) is 24.8 Å². The molecule has 0 aliphatic carbocycles. The van der Waals surface area contributed by atoms with E-state index in [1.807, 2.05) is 5.38 Å². The third kappa shape index (κ3) is 2.91. The summed E-state index contributed by atoms with van der Waals surface area (Å²) in [5, 5.41) is 1.86. The van der Waals surface area contributed by atoms with Crippen LogP contribution in [-0.2, 0) is 6.42 Å². The van der Waals surface area contributed by atoms with Gasteiger partial charge in [0.25, 0.3) is 5.91 Å². The fourth-order valence-electron chi connectivity index (χ4n) is 3.99. The predicted octanol–water partition coefficient (Wildman–Crippen LogP) is 2.67. The molecule has 0 unspecified atom stereocenters. The van der Waals surface area contributed by atoms with E-state index in [-0.39, 0.29) is 5.91 Å². The van der Waals surface area contributed by atoms with Crippen molar-refractivity contribution in [3.63, 3.8) is 0 Å². The van der Waals surface area contributed by atoms with Crippen molar-refractivity contribution < 1.29 is 4.79 Å². The maximum atomic E-state index is 12.6. The average Bonchev–Trinajstić information content (AvgIpc) is 3.31. The zero-order chi connectivity index (χ0) is 15.6. The van der Waals surface area contributed by atoms with Gasteiger partial charge in [-0.15, -0.1) is 11.3 Å². The molecule has 0 saturated carbocycles. The Morgan fingerprint density at radius 1 is 1.17 bits per heavy atom. The lowest BCUT2D eigenvalue weighted by atomic mass is 10.1. The Hall–Kier alpha value is -1.72. The fraction of sp³-hybridized carbons (Fsp3) is 0.444. The van der Waals surface area contributed by atoms with Crippen LogP contribution < -0.4 is 0 Å². The van der Waals surface area contributed by atoms with Crippen molar-refractivity contribution in [2.45, 2.75) is 31.3 Å². The second-order valence-electron chi connectivity index (χ2n) is 6.36. The van der Waals surface area contributed by atoms with Crippen LogP contribution in [-0.4, -0.2) is 52.4 Å². The molecule has 2 atom stereocenters. The van der Waals surface area contributed by atoms with Crippen LogP contribution in [0.3, 0.4) is 0 Å². The van der Waals surface area contributed by atoms with E-state index in [0.717, 1.165) is 38.9 Å². The molecule has 5 heteroatoms. The molecule has 1 aromatic carbocycles. The van der Waals surface area contributed by atoms with Gasteiger partial charge < -0.3 is 4.90 Å². The van der Waals surface area contributed by atoms with E-state index in [9.17, 15) is 4.79 Å². The highest BCUT2D eigenvalue weighted by molar-refractivity contribution is 7.07. The number of amides is 1. The number of benzene rings is 1. The smallest absolute Gasteiger partial charge is 0.273 e. The van der Waals surface area contributed by atoms with Gasteiger partial charge in [0.2, 0.25) is 0 Å². The molecule has 0 N–H and O–H groups in total. The van der Waals surface area contributed by atoms with E-state index in [1.54, 1.807) is 5.51 Å². The largest absolute Gasteiger partial charge is 0.333 e. The molecule has 120 valence electrons. The topological polar surface area (TPSA) is 36.4 Å². The molecule has 2 saturated heterocycles. The van der Waals surface area contributed by atoms with Crippen molar-refractivity contribution in [1.82, 2.24) is 14.8 Å². The number of thiazole rings is 1. The Kier molecular flexibility index (Phi) is 4.14. The van der Waals surface area contributed by atoms with Crippen molar-refractivity contribution in [2.75, 3.05) is 19.6 Å². The minimum absolute atomic E-state index is 0.114. The van der Waals surface area contributed by atoms with Gasteiger partial charge in [-0.25, -0.2) is 4.98 Å². The summed E-state index contributed by atoms with van der Waals surface area (Å²) in [6.45, 7) is 3.06. The maximum absolute atomic E-state index is 12.6. The predicted molar refractivity (Wildman–Crippen MR) is 91.7 cm³/mol. The van der Waals surface area contributed by atoms with Crippen molar-refractivity contribution in [2.24, 2.45) is 0 Å². The summed E-state index contributed by atoms with van der Waals surface area (Å²) < 4.78 is 0. The number of nitrogens with zero attached hydrogens (tertiary/aromatic N) is 3. The number of carbonyl (C=O) groups excluding carboxylic acids is 1.